The van der Waals surface area contributed by atoms with Crippen LogP contribution in [0, 0.1) is 5.92 Å². The molecule has 2 atom stereocenters. The monoisotopic (exact) mass is 224 g/mol. The smallest absolute Gasteiger partial charge is 0.237 e. The molecule has 3 heteroatoms. The van der Waals surface area contributed by atoms with Gasteiger partial charge in [-0.25, -0.2) is 0 Å². The Morgan fingerprint density at radius 1 is 1.50 bits per heavy atom. The lowest BCUT2D eigenvalue weighted by atomic mass is 9.84. The van der Waals surface area contributed by atoms with Gasteiger partial charge in [0.15, 0.2) is 0 Å². The number of rotatable bonds is 5. The van der Waals surface area contributed by atoms with Crippen molar-refractivity contribution in [1.29, 1.82) is 0 Å². The van der Waals surface area contributed by atoms with E-state index in [4.69, 9.17) is 5.73 Å². The van der Waals surface area contributed by atoms with Gasteiger partial charge in [0.1, 0.15) is 0 Å². The van der Waals surface area contributed by atoms with Gasteiger partial charge in [0.2, 0.25) is 5.91 Å². The Labute approximate surface area is 98.5 Å². The SMILES string of the molecule is C=CCC(N)C(=O)NC(C)C1CCCCC1. The molecule has 1 aliphatic rings. The number of carbonyl (C=O) groups is 1. The molecule has 0 aliphatic heterocycles. The van der Waals surface area contributed by atoms with Gasteiger partial charge >= 0.3 is 0 Å². The standard InChI is InChI=1S/C13H24N2O/c1-3-7-12(14)13(16)15-10(2)11-8-5-4-6-9-11/h3,10-12H,1,4-9,14H2,2H3,(H,15,16). The normalized spacial score (nSPS) is 21.1. The molecular formula is C13H24N2O. The van der Waals surface area contributed by atoms with E-state index in [1.54, 1.807) is 6.08 Å². The third-order valence-corrected chi connectivity index (χ3v) is 3.48. The number of hydrogen-bond acceptors (Lipinski definition) is 2. The molecule has 0 aromatic rings. The first kappa shape index (κ1) is 13.2. The quantitative estimate of drug-likeness (QED) is 0.702. The number of hydrogen-bond donors (Lipinski definition) is 2. The lowest BCUT2D eigenvalue weighted by molar-refractivity contribution is -0.123. The largest absolute Gasteiger partial charge is 0.352 e. The molecule has 0 aromatic heterocycles. The first-order valence-corrected chi connectivity index (χ1v) is 6.32. The highest BCUT2D eigenvalue weighted by Gasteiger charge is 2.22. The minimum atomic E-state index is -0.441. The van der Waals surface area contributed by atoms with Crippen LogP contribution in [0.3, 0.4) is 0 Å². The minimum absolute atomic E-state index is 0.0435. The zero-order valence-electron chi connectivity index (χ0n) is 10.2. The summed E-state index contributed by atoms with van der Waals surface area (Å²) in [5, 5.41) is 3.02. The number of nitrogens with two attached hydrogens (primary N) is 1. The molecule has 0 saturated heterocycles. The molecule has 1 rings (SSSR count). The zero-order valence-corrected chi connectivity index (χ0v) is 10.2. The molecule has 2 unspecified atom stereocenters. The van der Waals surface area contributed by atoms with E-state index in [0.717, 1.165) is 0 Å². The molecule has 1 aliphatic carbocycles. The molecule has 0 bridgehead atoms. The molecule has 1 fully saturated rings. The van der Waals surface area contributed by atoms with Crippen molar-refractivity contribution >= 4 is 5.91 Å². The van der Waals surface area contributed by atoms with Crippen molar-refractivity contribution in [2.24, 2.45) is 11.7 Å². The van der Waals surface area contributed by atoms with Crippen molar-refractivity contribution in [1.82, 2.24) is 5.32 Å². The lowest BCUT2D eigenvalue weighted by Crippen LogP contribution is -2.46. The fourth-order valence-electron chi connectivity index (χ4n) is 2.37. The van der Waals surface area contributed by atoms with Crippen LogP contribution in [-0.2, 0) is 4.79 Å². The van der Waals surface area contributed by atoms with Crippen LogP contribution >= 0.6 is 0 Å². The van der Waals surface area contributed by atoms with Crippen molar-refractivity contribution in [3.05, 3.63) is 12.7 Å². The fourth-order valence-corrected chi connectivity index (χ4v) is 2.37. The Hall–Kier alpha value is -0.830. The Morgan fingerprint density at radius 2 is 2.12 bits per heavy atom. The summed E-state index contributed by atoms with van der Waals surface area (Å²) in [5.74, 6) is 0.589. The van der Waals surface area contributed by atoms with Crippen LogP contribution in [0.4, 0.5) is 0 Å². The summed E-state index contributed by atoms with van der Waals surface area (Å²) >= 11 is 0. The van der Waals surface area contributed by atoms with E-state index >= 15 is 0 Å². The van der Waals surface area contributed by atoms with Gasteiger partial charge in [-0.05, 0) is 32.1 Å². The molecule has 92 valence electrons. The summed E-state index contributed by atoms with van der Waals surface area (Å²) in [6.07, 6.45) is 8.63. The maximum absolute atomic E-state index is 11.7. The van der Waals surface area contributed by atoms with Crippen molar-refractivity contribution in [2.45, 2.75) is 57.5 Å². The molecule has 0 spiro atoms. The molecule has 1 amide bonds. The fraction of sp³-hybridized carbons (Fsp3) is 0.769. The Bertz CT molecular complexity index is 234. The van der Waals surface area contributed by atoms with Crippen LogP contribution < -0.4 is 11.1 Å². The molecule has 1 saturated carbocycles. The Balaban J connectivity index is 2.34. The topological polar surface area (TPSA) is 55.1 Å². The molecular weight excluding hydrogens is 200 g/mol. The van der Waals surface area contributed by atoms with Gasteiger partial charge in [-0.3, -0.25) is 4.79 Å². The van der Waals surface area contributed by atoms with E-state index in [0.29, 0.717) is 12.3 Å². The first-order valence-electron chi connectivity index (χ1n) is 6.32. The zero-order chi connectivity index (χ0) is 12.0. The third-order valence-electron chi connectivity index (χ3n) is 3.48. The lowest BCUT2D eigenvalue weighted by Gasteiger charge is -2.29. The average molecular weight is 224 g/mol. The van der Waals surface area contributed by atoms with E-state index in [1.807, 2.05) is 0 Å². The van der Waals surface area contributed by atoms with Crippen LogP contribution in [0.2, 0.25) is 0 Å². The van der Waals surface area contributed by atoms with Crippen molar-refractivity contribution in [3.8, 4) is 0 Å². The highest BCUT2D eigenvalue weighted by molar-refractivity contribution is 5.81. The van der Waals surface area contributed by atoms with E-state index in [2.05, 4.69) is 18.8 Å². The molecule has 3 nitrogen and oxygen atoms in total. The molecule has 16 heavy (non-hydrogen) atoms. The second-order valence-electron chi connectivity index (χ2n) is 4.83. The molecule has 3 N–H and O–H groups in total. The van der Waals surface area contributed by atoms with Gasteiger partial charge in [0, 0.05) is 6.04 Å². The summed E-state index contributed by atoms with van der Waals surface area (Å²) in [6, 6.07) is -0.188. The van der Waals surface area contributed by atoms with Gasteiger partial charge in [0.25, 0.3) is 0 Å². The predicted octanol–water partition coefficient (Wildman–Crippen LogP) is 1.97. The average Bonchev–Trinajstić information content (AvgIpc) is 2.30. The van der Waals surface area contributed by atoms with Crippen LogP contribution in [-0.4, -0.2) is 18.0 Å². The van der Waals surface area contributed by atoms with E-state index in [-0.39, 0.29) is 11.9 Å². The molecule has 0 aromatic carbocycles. The minimum Gasteiger partial charge on any atom is -0.352 e. The van der Waals surface area contributed by atoms with Crippen molar-refractivity contribution in [3.63, 3.8) is 0 Å². The maximum atomic E-state index is 11.7. The van der Waals surface area contributed by atoms with E-state index in [1.165, 1.54) is 32.1 Å². The van der Waals surface area contributed by atoms with E-state index in [9.17, 15) is 4.79 Å². The summed E-state index contributed by atoms with van der Waals surface area (Å²) in [6.45, 7) is 5.68. The van der Waals surface area contributed by atoms with Crippen LogP contribution in [0.5, 0.6) is 0 Å². The van der Waals surface area contributed by atoms with Gasteiger partial charge in [-0.15, -0.1) is 6.58 Å². The second-order valence-corrected chi connectivity index (χ2v) is 4.83. The highest BCUT2D eigenvalue weighted by Crippen LogP contribution is 2.26. The van der Waals surface area contributed by atoms with Crippen molar-refractivity contribution < 1.29 is 4.79 Å². The van der Waals surface area contributed by atoms with Gasteiger partial charge in [0.05, 0.1) is 6.04 Å². The first-order chi connectivity index (χ1) is 7.65. The summed E-state index contributed by atoms with van der Waals surface area (Å²) in [7, 11) is 0. The third kappa shape index (κ3) is 3.97. The molecule has 0 radical (unpaired) electrons. The summed E-state index contributed by atoms with van der Waals surface area (Å²) < 4.78 is 0. The van der Waals surface area contributed by atoms with Gasteiger partial charge < -0.3 is 11.1 Å². The second kappa shape index (κ2) is 6.69. The maximum Gasteiger partial charge on any atom is 0.237 e. The Kier molecular flexibility index (Phi) is 5.53. The number of nitrogens with one attached hydrogen (secondary N) is 1. The van der Waals surface area contributed by atoms with Gasteiger partial charge in [-0.2, -0.15) is 0 Å². The number of amides is 1. The predicted molar refractivity (Wildman–Crippen MR) is 67.0 cm³/mol. The summed E-state index contributed by atoms with van der Waals surface area (Å²) in [4.78, 5) is 11.7. The molecule has 0 heterocycles. The van der Waals surface area contributed by atoms with Crippen LogP contribution in [0.25, 0.3) is 0 Å². The van der Waals surface area contributed by atoms with Crippen LogP contribution in [0.1, 0.15) is 45.4 Å². The summed E-state index contributed by atoms with van der Waals surface area (Å²) in [5.41, 5.74) is 5.72. The highest BCUT2D eigenvalue weighted by atomic mass is 16.2. The Morgan fingerprint density at radius 3 is 2.69 bits per heavy atom. The van der Waals surface area contributed by atoms with Crippen molar-refractivity contribution in [2.75, 3.05) is 0 Å². The van der Waals surface area contributed by atoms with Gasteiger partial charge in [-0.1, -0.05) is 25.3 Å². The van der Waals surface area contributed by atoms with E-state index < -0.39 is 6.04 Å². The number of carbonyl (C=O) groups excluding carboxylic acids is 1. The van der Waals surface area contributed by atoms with Crippen LogP contribution in [0.15, 0.2) is 12.7 Å².